The molecule has 4 nitrogen and oxygen atoms in total. The third-order valence-corrected chi connectivity index (χ3v) is 3.92. The molecule has 0 bridgehead atoms. The molecule has 0 unspecified atom stereocenters. The average molecular weight is 287 g/mol. The highest BCUT2D eigenvalue weighted by Gasteiger charge is 2.37. The molecule has 1 amide bonds. The van der Waals surface area contributed by atoms with Gasteiger partial charge in [-0.1, -0.05) is 11.8 Å². The molecule has 1 aromatic rings. The van der Waals surface area contributed by atoms with E-state index in [1.54, 1.807) is 13.2 Å². The van der Waals surface area contributed by atoms with Crippen molar-refractivity contribution in [1.82, 2.24) is 5.32 Å². The van der Waals surface area contributed by atoms with Crippen LogP contribution in [0.1, 0.15) is 40.7 Å². The second-order valence-corrected chi connectivity index (χ2v) is 5.47. The van der Waals surface area contributed by atoms with E-state index in [1.807, 2.05) is 19.1 Å². The fourth-order valence-corrected chi connectivity index (χ4v) is 2.50. The normalized spacial score (nSPS) is 15.6. The van der Waals surface area contributed by atoms with Crippen LogP contribution in [-0.2, 0) is 4.74 Å². The number of aliphatic hydroxyl groups excluding tert-OH is 1. The van der Waals surface area contributed by atoms with Gasteiger partial charge in [-0.2, -0.15) is 0 Å². The van der Waals surface area contributed by atoms with Gasteiger partial charge in [0.15, 0.2) is 0 Å². The molecule has 0 aromatic heterocycles. The van der Waals surface area contributed by atoms with Crippen molar-refractivity contribution in [3.8, 4) is 11.8 Å². The van der Waals surface area contributed by atoms with E-state index < -0.39 is 0 Å². The fraction of sp³-hybridized carbons (Fsp3) is 0.471. The van der Waals surface area contributed by atoms with Crippen molar-refractivity contribution >= 4 is 5.91 Å². The Morgan fingerprint density at radius 3 is 2.76 bits per heavy atom. The van der Waals surface area contributed by atoms with Crippen molar-refractivity contribution in [2.45, 2.75) is 31.8 Å². The molecule has 2 rings (SSSR count). The maximum Gasteiger partial charge on any atom is 0.251 e. The van der Waals surface area contributed by atoms with E-state index in [0.29, 0.717) is 12.1 Å². The lowest BCUT2D eigenvalue weighted by atomic mass is 9.80. The van der Waals surface area contributed by atoms with Crippen molar-refractivity contribution in [3.05, 3.63) is 34.9 Å². The zero-order valence-corrected chi connectivity index (χ0v) is 12.5. The van der Waals surface area contributed by atoms with Crippen LogP contribution in [0.25, 0.3) is 0 Å². The third-order valence-electron chi connectivity index (χ3n) is 3.92. The number of benzene rings is 1. The van der Waals surface area contributed by atoms with Gasteiger partial charge in [-0.05, 0) is 49.9 Å². The zero-order valence-electron chi connectivity index (χ0n) is 12.5. The SMILES string of the molecule is COC1(CNC(=O)c2cc(C)cc(C#CCO)c2)CCC1. The van der Waals surface area contributed by atoms with Crippen LogP contribution >= 0.6 is 0 Å². The second-order valence-electron chi connectivity index (χ2n) is 5.47. The Bertz CT molecular complexity index is 574. The summed E-state index contributed by atoms with van der Waals surface area (Å²) < 4.78 is 5.50. The predicted octanol–water partition coefficient (Wildman–Crippen LogP) is 1.64. The van der Waals surface area contributed by atoms with Crippen LogP contribution in [0.5, 0.6) is 0 Å². The first kappa shape index (κ1) is 15.6. The largest absolute Gasteiger partial charge is 0.384 e. The Balaban J connectivity index is 2.06. The number of rotatable bonds is 4. The number of hydrogen-bond donors (Lipinski definition) is 2. The number of aryl methyl sites for hydroxylation is 1. The van der Waals surface area contributed by atoms with Gasteiger partial charge in [0.05, 0.1) is 5.60 Å². The number of hydrogen-bond acceptors (Lipinski definition) is 3. The molecule has 4 heteroatoms. The predicted molar refractivity (Wildman–Crippen MR) is 81.1 cm³/mol. The molecule has 1 saturated carbocycles. The summed E-state index contributed by atoms with van der Waals surface area (Å²) in [7, 11) is 1.70. The summed E-state index contributed by atoms with van der Waals surface area (Å²) in [6.07, 6.45) is 3.13. The van der Waals surface area contributed by atoms with E-state index in [4.69, 9.17) is 9.84 Å². The highest BCUT2D eigenvalue weighted by Crippen LogP contribution is 2.34. The Morgan fingerprint density at radius 2 is 2.19 bits per heavy atom. The summed E-state index contributed by atoms with van der Waals surface area (Å²) in [6, 6.07) is 5.47. The molecule has 1 aliphatic carbocycles. The van der Waals surface area contributed by atoms with Gasteiger partial charge in [-0.15, -0.1) is 0 Å². The van der Waals surface area contributed by atoms with Gasteiger partial charge in [0.25, 0.3) is 5.91 Å². The van der Waals surface area contributed by atoms with Crippen LogP contribution in [-0.4, -0.2) is 36.9 Å². The Morgan fingerprint density at radius 1 is 1.43 bits per heavy atom. The Hall–Kier alpha value is -1.83. The van der Waals surface area contributed by atoms with Crippen molar-refractivity contribution in [1.29, 1.82) is 0 Å². The lowest BCUT2D eigenvalue weighted by Gasteiger charge is -2.40. The van der Waals surface area contributed by atoms with E-state index in [2.05, 4.69) is 17.2 Å². The minimum absolute atomic E-state index is 0.117. The van der Waals surface area contributed by atoms with Crippen molar-refractivity contribution in [2.75, 3.05) is 20.3 Å². The molecule has 112 valence electrons. The van der Waals surface area contributed by atoms with Crippen LogP contribution in [0.3, 0.4) is 0 Å². The van der Waals surface area contributed by atoms with Gasteiger partial charge in [-0.25, -0.2) is 0 Å². The Labute approximate surface area is 125 Å². The summed E-state index contributed by atoms with van der Waals surface area (Å²) in [5, 5.41) is 11.7. The standard InChI is InChI=1S/C17H21NO3/c1-13-9-14(5-3-8-19)11-15(10-13)16(20)18-12-17(21-2)6-4-7-17/h9-11,19H,4,6-8,12H2,1-2H3,(H,18,20). The molecule has 0 heterocycles. The first-order valence-electron chi connectivity index (χ1n) is 7.13. The molecule has 0 aliphatic heterocycles. The fourth-order valence-electron chi connectivity index (χ4n) is 2.50. The van der Waals surface area contributed by atoms with Gasteiger partial charge < -0.3 is 15.2 Å². The van der Waals surface area contributed by atoms with Crippen molar-refractivity contribution < 1.29 is 14.6 Å². The highest BCUT2D eigenvalue weighted by molar-refractivity contribution is 5.94. The lowest BCUT2D eigenvalue weighted by molar-refractivity contribution is -0.0679. The van der Waals surface area contributed by atoms with Gasteiger partial charge in [-0.3, -0.25) is 4.79 Å². The summed E-state index contributed by atoms with van der Waals surface area (Å²) >= 11 is 0. The second kappa shape index (κ2) is 6.75. The number of aliphatic hydroxyl groups is 1. The van der Waals surface area contributed by atoms with Crippen LogP contribution in [0.15, 0.2) is 18.2 Å². The van der Waals surface area contributed by atoms with Gasteiger partial charge in [0, 0.05) is 24.8 Å². The monoisotopic (exact) mass is 287 g/mol. The maximum atomic E-state index is 12.3. The van der Waals surface area contributed by atoms with Crippen molar-refractivity contribution in [3.63, 3.8) is 0 Å². The summed E-state index contributed by atoms with van der Waals surface area (Å²) in [6.45, 7) is 2.27. The molecule has 0 spiro atoms. The van der Waals surface area contributed by atoms with Crippen LogP contribution in [0.2, 0.25) is 0 Å². The van der Waals surface area contributed by atoms with E-state index in [-0.39, 0.29) is 18.1 Å². The summed E-state index contributed by atoms with van der Waals surface area (Å²) in [5.74, 6) is 5.31. The topological polar surface area (TPSA) is 58.6 Å². The van der Waals surface area contributed by atoms with E-state index in [0.717, 1.165) is 30.4 Å². The van der Waals surface area contributed by atoms with Gasteiger partial charge >= 0.3 is 0 Å². The van der Waals surface area contributed by atoms with E-state index >= 15 is 0 Å². The molecular weight excluding hydrogens is 266 g/mol. The maximum absolute atomic E-state index is 12.3. The zero-order chi connectivity index (χ0) is 15.3. The molecule has 1 aromatic carbocycles. The van der Waals surface area contributed by atoms with Gasteiger partial charge in [0.2, 0.25) is 0 Å². The summed E-state index contributed by atoms with van der Waals surface area (Å²) in [5.41, 5.74) is 2.11. The molecule has 2 N–H and O–H groups in total. The minimum atomic E-state index is -0.189. The number of ether oxygens (including phenoxy) is 1. The number of methoxy groups -OCH3 is 1. The first-order valence-corrected chi connectivity index (χ1v) is 7.13. The summed E-state index contributed by atoms with van der Waals surface area (Å²) in [4.78, 5) is 12.3. The molecule has 21 heavy (non-hydrogen) atoms. The number of carbonyl (C=O) groups excluding carboxylic acids is 1. The third kappa shape index (κ3) is 3.84. The molecule has 0 saturated heterocycles. The lowest BCUT2D eigenvalue weighted by Crippen LogP contribution is -2.49. The molecule has 0 radical (unpaired) electrons. The quantitative estimate of drug-likeness (QED) is 0.828. The van der Waals surface area contributed by atoms with Crippen LogP contribution in [0, 0.1) is 18.8 Å². The minimum Gasteiger partial charge on any atom is -0.384 e. The van der Waals surface area contributed by atoms with Gasteiger partial charge in [0.1, 0.15) is 6.61 Å². The van der Waals surface area contributed by atoms with E-state index in [1.165, 1.54) is 0 Å². The first-order chi connectivity index (χ1) is 10.1. The highest BCUT2D eigenvalue weighted by atomic mass is 16.5. The van der Waals surface area contributed by atoms with Crippen LogP contribution < -0.4 is 5.32 Å². The number of amides is 1. The molecule has 1 fully saturated rings. The van der Waals surface area contributed by atoms with E-state index in [9.17, 15) is 4.79 Å². The number of nitrogens with one attached hydrogen (secondary N) is 1. The average Bonchev–Trinajstić information content (AvgIpc) is 2.43. The molecule has 1 aliphatic rings. The number of carbonyl (C=O) groups is 1. The Kier molecular flexibility index (Phi) is 5.00. The smallest absolute Gasteiger partial charge is 0.251 e. The van der Waals surface area contributed by atoms with Crippen LogP contribution in [0.4, 0.5) is 0 Å². The van der Waals surface area contributed by atoms with Crippen molar-refractivity contribution in [2.24, 2.45) is 0 Å². The molecular formula is C17H21NO3. The molecule has 0 atom stereocenters.